The van der Waals surface area contributed by atoms with E-state index in [4.69, 9.17) is 0 Å². The van der Waals surface area contributed by atoms with Crippen LogP contribution in [-0.4, -0.2) is 52.7 Å². The highest BCUT2D eigenvalue weighted by Gasteiger charge is 2.36. The summed E-state index contributed by atoms with van der Waals surface area (Å²) in [7, 11) is 0. The van der Waals surface area contributed by atoms with Gasteiger partial charge in [-0.3, -0.25) is 14.8 Å². The number of aromatic amines is 1. The Hall–Kier alpha value is -1.40. The first kappa shape index (κ1) is 14.5. The van der Waals surface area contributed by atoms with Gasteiger partial charge in [-0.05, 0) is 59.2 Å². The van der Waals surface area contributed by atoms with Gasteiger partial charge in [0, 0.05) is 17.3 Å². The number of anilines is 1. The van der Waals surface area contributed by atoms with E-state index in [0.717, 1.165) is 56.6 Å². The monoisotopic (exact) mass is 291 g/mol. The highest BCUT2D eigenvalue weighted by molar-refractivity contribution is 5.94. The molecule has 1 atom stereocenters. The standard InChI is InChI=1S/C15H25N5O/c1-10-11(2)18-19-14(10)17-15(21)13-4-3-9-20(13)12-5-7-16-8-6-12/h12-13,16H,3-9H2,1-2H3,(H2,17,18,19,21). The molecule has 2 saturated heterocycles. The number of likely N-dealkylation sites (tertiary alicyclic amines) is 1. The molecule has 2 aliphatic rings. The van der Waals surface area contributed by atoms with E-state index in [0.29, 0.717) is 11.9 Å². The van der Waals surface area contributed by atoms with Crippen LogP contribution in [0.3, 0.4) is 0 Å². The zero-order valence-electron chi connectivity index (χ0n) is 12.9. The van der Waals surface area contributed by atoms with Crippen molar-refractivity contribution in [1.82, 2.24) is 20.4 Å². The lowest BCUT2D eigenvalue weighted by atomic mass is 10.0. The summed E-state index contributed by atoms with van der Waals surface area (Å²) in [4.78, 5) is 15.0. The lowest BCUT2D eigenvalue weighted by molar-refractivity contribution is -0.121. The number of H-pyrrole nitrogens is 1. The number of rotatable bonds is 3. The quantitative estimate of drug-likeness (QED) is 0.782. The molecule has 2 fully saturated rings. The van der Waals surface area contributed by atoms with Crippen LogP contribution in [0.2, 0.25) is 0 Å². The van der Waals surface area contributed by atoms with E-state index in [1.807, 2.05) is 13.8 Å². The van der Waals surface area contributed by atoms with Gasteiger partial charge in [0.25, 0.3) is 0 Å². The van der Waals surface area contributed by atoms with Crippen molar-refractivity contribution in [1.29, 1.82) is 0 Å². The molecule has 1 amide bonds. The minimum absolute atomic E-state index is 0.00417. The SMILES string of the molecule is Cc1[nH]nc(NC(=O)C2CCCN2C2CCNCC2)c1C. The molecule has 3 rings (SSSR count). The topological polar surface area (TPSA) is 73.0 Å². The Morgan fingerprint density at radius 1 is 1.29 bits per heavy atom. The molecule has 1 aromatic rings. The van der Waals surface area contributed by atoms with Crippen molar-refractivity contribution < 1.29 is 4.79 Å². The van der Waals surface area contributed by atoms with Crippen molar-refractivity contribution in [2.45, 2.75) is 51.6 Å². The predicted octanol–water partition coefficient (Wildman–Crippen LogP) is 1.18. The van der Waals surface area contributed by atoms with Crippen LogP contribution in [0.4, 0.5) is 5.82 Å². The summed E-state index contributed by atoms with van der Waals surface area (Å²) < 4.78 is 0. The van der Waals surface area contributed by atoms with Crippen molar-refractivity contribution in [3.63, 3.8) is 0 Å². The molecule has 0 bridgehead atoms. The fourth-order valence-corrected chi connectivity index (χ4v) is 3.45. The summed E-state index contributed by atoms with van der Waals surface area (Å²) in [6.45, 7) is 7.12. The van der Waals surface area contributed by atoms with E-state index < -0.39 is 0 Å². The second-order valence-corrected chi connectivity index (χ2v) is 6.19. The molecular formula is C15H25N5O. The number of piperidine rings is 1. The second kappa shape index (κ2) is 6.15. The van der Waals surface area contributed by atoms with Crippen molar-refractivity contribution in [2.24, 2.45) is 0 Å². The molecule has 3 heterocycles. The fourth-order valence-electron chi connectivity index (χ4n) is 3.45. The highest BCUT2D eigenvalue weighted by Crippen LogP contribution is 2.25. The van der Waals surface area contributed by atoms with Crippen molar-refractivity contribution in [3.05, 3.63) is 11.3 Å². The maximum Gasteiger partial charge on any atom is 0.242 e. The van der Waals surface area contributed by atoms with Crippen molar-refractivity contribution in [3.8, 4) is 0 Å². The Kier molecular flexibility index (Phi) is 4.26. The zero-order chi connectivity index (χ0) is 14.8. The molecule has 0 saturated carbocycles. The van der Waals surface area contributed by atoms with Gasteiger partial charge in [-0.1, -0.05) is 0 Å². The first-order chi connectivity index (χ1) is 10.2. The van der Waals surface area contributed by atoms with Gasteiger partial charge in [0.1, 0.15) is 0 Å². The Labute approximate surface area is 125 Å². The molecule has 0 radical (unpaired) electrons. The molecule has 1 aromatic heterocycles. The van der Waals surface area contributed by atoms with E-state index in [2.05, 4.69) is 25.7 Å². The Bertz CT molecular complexity index is 506. The van der Waals surface area contributed by atoms with Crippen LogP contribution in [-0.2, 0) is 4.79 Å². The van der Waals surface area contributed by atoms with E-state index in [-0.39, 0.29) is 11.9 Å². The van der Waals surface area contributed by atoms with Gasteiger partial charge in [-0.2, -0.15) is 5.10 Å². The fraction of sp³-hybridized carbons (Fsp3) is 0.733. The lowest BCUT2D eigenvalue weighted by Crippen LogP contribution is -2.49. The molecule has 2 aliphatic heterocycles. The number of carbonyl (C=O) groups is 1. The smallest absolute Gasteiger partial charge is 0.242 e. The molecule has 0 aliphatic carbocycles. The molecule has 6 heteroatoms. The van der Waals surface area contributed by atoms with E-state index in [1.165, 1.54) is 0 Å². The molecule has 0 aromatic carbocycles. The van der Waals surface area contributed by atoms with E-state index in [1.54, 1.807) is 0 Å². The molecule has 0 spiro atoms. The number of aromatic nitrogens is 2. The number of nitrogens with one attached hydrogen (secondary N) is 3. The summed E-state index contributed by atoms with van der Waals surface area (Å²) in [5.41, 5.74) is 2.03. The molecule has 6 nitrogen and oxygen atoms in total. The Balaban J connectivity index is 1.66. The summed E-state index contributed by atoms with van der Waals surface area (Å²) in [5.74, 6) is 0.773. The van der Waals surface area contributed by atoms with Crippen LogP contribution in [0.15, 0.2) is 0 Å². The van der Waals surface area contributed by atoms with Crippen LogP contribution in [0.1, 0.15) is 36.9 Å². The van der Waals surface area contributed by atoms with Gasteiger partial charge in [0.2, 0.25) is 5.91 Å². The van der Waals surface area contributed by atoms with Gasteiger partial charge in [-0.25, -0.2) is 0 Å². The number of hydrogen-bond donors (Lipinski definition) is 3. The third kappa shape index (κ3) is 2.96. The Morgan fingerprint density at radius 2 is 2.05 bits per heavy atom. The first-order valence-electron chi connectivity index (χ1n) is 7.95. The third-order valence-electron chi connectivity index (χ3n) is 4.87. The van der Waals surface area contributed by atoms with Crippen LogP contribution in [0, 0.1) is 13.8 Å². The highest BCUT2D eigenvalue weighted by atomic mass is 16.2. The normalized spacial score (nSPS) is 24.4. The molecule has 1 unspecified atom stereocenters. The summed E-state index contributed by atoms with van der Waals surface area (Å²) in [5, 5.41) is 13.5. The predicted molar refractivity (Wildman–Crippen MR) is 82.3 cm³/mol. The average molecular weight is 291 g/mol. The molecular weight excluding hydrogens is 266 g/mol. The second-order valence-electron chi connectivity index (χ2n) is 6.19. The number of hydrogen-bond acceptors (Lipinski definition) is 4. The summed E-state index contributed by atoms with van der Waals surface area (Å²) >= 11 is 0. The van der Waals surface area contributed by atoms with Gasteiger partial charge in [0.05, 0.1) is 6.04 Å². The first-order valence-corrected chi connectivity index (χ1v) is 7.95. The van der Waals surface area contributed by atoms with Crippen LogP contribution >= 0.6 is 0 Å². The molecule has 21 heavy (non-hydrogen) atoms. The summed E-state index contributed by atoms with van der Waals surface area (Å²) in [6.07, 6.45) is 4.35. The summed E-state index contributed by atoms with van der Waals surface area (Å²) in [6, 6.07) is 0.552. The van der Waals surface area contributed by atoms with Gasteiger partial charge in [-0.15, -0.1) is 0 Å². The van der Waals surface area contributed by atoms with Crippen molar-refractivity contribution >= 4 is 11.7 Å². The average Bonchev–Trinajstić information content (AvgIpc) is 3.10. The number of carbonyl (C=O) groups excluding carboxylic acids is 1. The van der Waals surface area contributed by atoms with Crippen molar-refractivity contribution in [2.75, 3.05) is 25.0 Å². The van der Waals surface area contributed by atoms with E-state index >= 15 is 0 Å². The number of aryl methyl sites for hydroxylation is 1. The van der Waals surface area contributed by atoms with Crippen LogP contribution in [0.5, 0.6) is 0 Å². The van der Waals surface area contributed by atoms with E-state index in [9.17, 15) is 4.79 Å². The molecule has 3 N–H and O–H groups in total. The van der Waals surface area contributed by atoms with Gasteiger partial charge in [0.15, 0.2) is 5.82 Å². The number of amides is 1. The van der Waals surface area contributed by atoms with Gasteiger partial charge >= 0.3 is 0 Å². The maximum absolute atomic E-state index is 12.6. The zero-order valence-corrected chi connectivity index (χ0v) is 12.9. The van der Waals surface area contributed by atoms with Gasteiger partial charge < -0.3 is 10.6 Å². The molecule has 116 valence electrons. The third-order valence-corrected chi connectivity index (χ3v) is 4.87. The largest absolute Gasteiger partial charge is 0.317 e. The Morgan fingerprint density at radius 3 is 2.71 bits per heavy atom. The minimum atomic E-state index is 0.00417. The number of nitrogens with zero attached hydrogens (tertiary/aromatic N) is 2. The maximum atomic E-state index is 12.6. The van der Waals surface area contributed by atoms with Crippen LogP contribution < -0.4 is 10.6 Å². The minimum Gasteiger partial charge on any atom is -0.317 e. The lowest BCUT2D eigenvalue weighted by Gasteiger charge is -2.35. The van der Waals surface area contributed by atoms with Crippen LogP contribution in [0.25, 0.3) is 0 Å².